The van der Waals surface area contributed by atoms with Crippen LogP contribution in [0.25, 0.3) is 10.8 Å². The van der Waals surface area contributed by atoms with Crippen molar-refractivity contribution in [2.75, 3.05) is 7.11 Å². The third-order valence-corrected chi connectivity index (χ3v) is 3.70. The molecule has 0 bridgehead atoms. The molecule has 0 amide bonds. The lowest BCUT2D eigenvalue weighted by Crippen LogP contribution is -2.10. The average Bonchev–Trinajstić information content (AvgIpc) is 2.35. The van der Waals surface area contributed by atoms with Crippen LogP contribution in [0.5, 0.6) is 5.75 Å². The Kier molecular flexibility index (Phi) is 4.04. The van der Waals surface area contributed by atoms with Crippen molar-refractivity contribution in [3.05, 3.63) is 42.0 Å². The van der Waals surface area contributed by atoms with Crippen molar-refractivity contribution < 1.29 is 17.9 Å². The molecule has 1 unspecified atom stereocenters. The number of methoxy groups -OCH3 is 1. The molecule has 0 spiro atoms. The van der Waals surface area contributed by atoms with E-state index in [1.807, 2.05) is 12.1 Å². The van der Waals surface area contributed by atoms with Crippen molar-refractivity contribution in [3.63, 3.8) is 0 Å². The summed E-state index contributed by atoms with van der Waals surface area (Å²) >= 11 is 3.13. The number of alkyl halides is 4. The Labute approximate surface area is 117 Å². The quantitative estimate of drug-likeness (QED) is 0.698. The molecule has 102 valence electrons. The summed E-state index contributed by atoms with van der Waals surface area (Å²) in [5.74, 6) is 0.658. The first-order valence-electron chi connectivity index (χ1n) is 5.69. The summed E-state index contributed by atoms with van der Waals surface area (Å²) in [4.78, 5) is -0.761. The van der Waals surface area contributed by atoms with E-state index in [4.69, 9.17) is 4.74 Å². The Morgan fingerprint density at radius 3 is 2.32 bits per heavy atom. The smallest absolute Gasteiger partial charge is 0.390 e. The number of hydrogen-bond donors (Lipinski definition) is 0. The Bertz CT molecular complexity index is 580. The van der Waals surface area contributed by atoms with Crippen LogP contribution in [0.2, 0.25) is 0 Å². The zero-order chi connectivity index (χ0) is 14.0. The van der Waals surface area contributed by atoms with E-state index >= 15 is 0 Å². The first-order valence-corrected chi connectivity index (χ1v) is 6.60. The number of halogens is 4. The van der Waals surface area contributed by atoms with E-state index in [0.29, 0.717) is 11.3 Å². The lowest BCUT2D eigenvalue weighted by atomic mass is 10.00. The van der Waals surface area contributed by atoms with Gasteiger partial charge in [0.05, 0.1) is 13.5 Å². The van der Waals surface area contributed by atoms with Crippen LogP contribution >= 0.6 is 15.9 Å². The van der Waals surface area contributed by atoms with Gasteiger partial charge in [-0.3, -0.25) is 0 Å². The molecule has 0 heterocycles. The summed E-state index contributed by atoms with van der Waals surface area (Å²) in [6.07, 6.45) is -5.10. The van der Waals surface area contributed by atoms with Gasteiger partial charge in [0.25, 0.3) is 0 Å². The van der Waals surface area contributed by atoms with Gasteiger partial charge in [0.2, 0.25) is 0 Å². The summed E-state index contributed by atoms with van der Waals surface area (Å²) in [6, 6.07) is 10.7. The summed E-state index contributed by atoms with van der Waals surface area (Å²) in [7, 11) is 1.54. The first-order chi connectivity index (χ1) is 8.92. The largest absolute Gasteiger partial charge is 0.496 e. The molecule has 19 heavy (non-hydrogen) atoms. The fourth-order valence-corrected chi connectivity index (χ4v) is 2.83. The number of rotatable bonds is 3. The number of ether oxygens (including phenoxy) is 1. The molecule has 0 saturated carbocycles. The first kappa shape index (κ1) is 14.2. The molecular formula is C14H12BrF3O. The van der Waals surface area contributed by atoms with Gasteiger partial charge in [-0.25, -0.2) is 0 Å². The zero-order valence-electron chi connectivity index (χ0n) is 10.2. The van der Waals surface area contributed by atoms with E-state index in [1.54, 1.807) is 31.4 Å². The molecular weight excluding hydrogens is 321 g/mol. The average molecular weight is 333 g/mol. The maximum atomic E-state index is 12.5. The van der Waals surface area contributed by atoms with Crippen LogP contribution < -0.4 is 4.74 Å². The molecule has 2 aromatic rings. The van der Waals surface area contributed by atoms with Crippen LogP contribution in [-0.4, -0.2) is 13.3 Å². The minimum absolute atomic E-state index is 0.619. The number of hydrogen-bond acceptors (Lipinski definition) is 1. The molecule has 2 aromatic carbocycles. The normalized spacial score (nSPS) is 13.5. The van der Waals surface area contributed by atoms with Crippen LogP contribution in [-0.2, 0) is 0 Å². The summed E-state index contributed by atoms with van der Waals surface area (Å²) < 4.78 is 42.7. The van der Waals surface area contributed by atoms with Gasteiger partial charge in [0.1, 0.15) is 5.75 Å². The van der Waals surface area contributed by atoms with Gasteiger partial charge in [-0.1, -0.05) is 46.3 Å². The molecule has 1 atom stereocenters. The summed E-state index contributed by atoms with van der Waals surface area (Å²) in [5, 5.41) is 1.59. The molecule has 5 heteroatoms. The summed E-state index contributed by atoms with van der Waals surface area (Å²) in [6.45, 7) is 0. The van der Waals surface area contributed by atoms with E-state index in [1.165, 1.54) is 0 Å². The predicted octanol–water partition coefficient (Wildman–Crippen LogP) is 5.24. The fourth-order valence-electron chi connectivity index (χ4n) is 2.06. The van der Waals surface area contributed by atoms with Crippen molar-refractivity contribution in [1.29, 1.82) is 0 Å². The Hall–Kier alpha value is -1.23. The molecule has 0 fully saturated rings. The third-order valence-electron chi connectivity index (χ3n) is 2.89. The standard InChI is InChI=1S/C14H12BrF3O/c1-19-13-7-6-10(12(15)8-14(16,17)18)9-4-2-3-5-11(9)13/h2-7,12H,8H2,1H3. The van der Waals surface area contributed by atoms with Crippen molar-refractivity contribution in [3.8, 4) is 5.75 Å². The highest BCUT2D eigenvalue weighted by atomic mass is 79.9. The second-order valence-electron chi connectivity index (χ2n) is 4.19. The van der Waals surface area contributed by atoms with Crippen molar-refractivity contribution in [2.24, 2.45) is 0 Å². The van der Waals surface area contributed by atoms with E-state index in [9.17, 15) is 13.2 Å². The van der Waals surface area contributed by atoms with Crippen LogP contribution in [0.3, 0.4) is 0 Å². The van der Waals surface area contributed by atoms with Gasteiger partial charge in [-0.15, -0.1) is 0 Å². The third kappa shape index (κ3) is 3.21. The molecule has 0 aliphatic rings. The van der Waals surface area contributed by atoms with Gasteiger partial charge in [0.15, 0.2) is 0 Å². The Balaban J connectivity index is 2.50. The molecule has 0 N–H and O–H groups in total. The van der Waals surface area contributed by atoms with Crippen LogP contribution in [0.15, 0.2) is 36.4 Å². The van der Waals surface area contributed by atoms with Crippen molar-refractivity contribution in [2.45, 2.75) is 17.4 Å². The highest BCUT2D eigenvalue weighted by Crippen LogP contribution is 2.40. The lowest BCUT2D eigenvalue weighted by Gasteiger charge is -2.16. The predicted molar refractivity (Wildman–Crippen MR) is 72.8 cm³/mol. The van der Waals surface area contributed by atoms with Gasteiger partial charge in [0, 0.05) is 10.2 Å². The van der Waals surface area contributed by atoms with Crippen LogP contribution in [0.1, 0.15) is 16.8 Å². The van der Waals surface area contributed by atoms with Gasteiger partial charge < -0.3 is 4.74 Å². The maximum Gasteiger partial charge on any atom is 0.390 e. The summed E-state index contributed by atoms with van der Waals surface area (Å²) in [5.41, 5.74) is 0.619. The van der Waals surface area contributed by atoms with Crippen molar-refractivity contribution >= 4 is 26.7 Å². The van der Waals surface area contributed by atoms with Gasteiger partial charge >= 0.3 is 6.18 Å². The number of benzene rings is 2. The SMILES string of the molecule is COc1ccc(C(Br)CC(F)(F)F)c2ccccc12. The molecule has 0 aromatic heterocycles. The van der Waals surface area contributed by atoms with E-state index in [0.717, 1.165) is 10.8 Å². The molecule has 0 radical (unpaired) electrons. The molecule has 1 nitrogen and oxygen atoms in total. The number of fused-ring (bicyclic) bond motifs is 1. The molecule has 0 saturated heterocycles. The minimum atomic E-state index is -4.20. The Morgan fingerprint density at radius 1 is 1.11 bits per heavy atom. The van der Waals surface area contributed by atoms with Gasteiger partial charge in [-0.05, 0) is 17.0 Å². The van der Waals surface area contributed by atoms with Crippen LogP contribution in [0, 0.1) is 0 Å². The topological polar surface area (TPSA) is 9.23 Å². The fraction of sp³-hybridized carbons (Fsp3) is 0.286. The van der Waals surface area contributed by atoms with E-state index in [2.05, 4.69) is 15.9 Å². The van der Waals surface area contributed by atoms with Gasteiger partial charge in [-0.2, -0.15) is 13.2 Å². The minimum Gasteiger partial charge on any atom is -0.496 e. The molecule has 0 aliphatic heterocycles. The molecule has 0 aliphatic carbocycles. The zero-order valence-corrected chi connectivity index (χ0v) is 11.8. The lowest BCUT2D eigenvalue weighted by molar-refractivity contribution is -0.134. The Morgan fingerprint density at radius 2 is 1.74 bits per heavy atom. The van der Waals surface area contributed by atoms with E-state index in [-0.39, 0.29) is 0 Å². The van der Waals surface area contributed by atoms with Crippen LogP contribution in [0.4, 0.5) is 13.2 Å². The maximum absolute atomic E-state index is 12.5. The van der Waals surface area contributed by atoms with Crippen molar-refractivity contribution in [1.82, 2.24) is 0 Å². The second kappa shape index (κ2) is 5.41. The van der Waals surface area contributed by atoms with E-state index < -0.39 is 17.4 Å². The highest BCUT2D eigenvalue weighted by Gasteiger charge is 2.32. The monoisotopic (exact) mass is 332 g/mol. The second-order valence-corrected chi connectivity index (χ2v) is 5.29. The molecule has 2 rings (SSSR count). The highest BCUT2D eigenvalue weighted by molar-refractivity contribution is 9.09.